The van der Waals surface area contributed by atoms with Gasteiger partial charge in [-0.1, -0.05) is 29.8 Å². The molecule has 0 aromatic heterocycles. The van der Waals surface area contributed by atoms with Crippen LogP contribution in [0, 0.1) is 0 Å². The fourth-order valence-electron chi connectivity index (χ4n) is 2.72. The summed E-state index contributed by atoms with van der Waals surface area (Å²) in [5, 5.41) is 10.4. The van der Waals surface area contributed by atoms with Crippen LogP contribution < -0.4 is 10.6 Å². The van der Waals surface area contributed by atoms with Gasteiger partial charge in [-0.15, -0.1) is 0 Å². The van der Waals surface area contributed by atoms with Gasteiger partial charge in [0.15, 0.2) is 5.96 Å². The van der Waals surface area contributed by atoms with Gasteiger partial charge in [0, 0.05) is 10.7 Å². The van der Waals surface area contributed by atoms with Crippen LogP contribution in [-0.4, -0.2) is 17.6 Å². The number of hydrogen-bond donors (Lipinski definition) is 2. The molecule has 108 valence electrons. The molecule has 0 spiro atoms. The van der Waals surface area contributed by atoms with Crippen LogP contribution in [0.2, 0.25) is 5.02 Å². The number of hydrogen-bond acceptors (Lipinski definition) is 4. The van der Waals surface area contributed by atoms with Crippen molar-refractivity contribution in [1.82, 2.24) is 0 Å². The van der Waals surface area contributed by atoms with Gasteiger partial charge in [0.05, 0.1) is 12.1 Å². The molecule has 2 aromatic rings. The SMILES string of the molecule is CC1(c2cccc(O)c2)CN=C(N)N1c1cccc(Cl)c1. The average molecular weight is 302 g/mol. The van der Waals surface area contributed by atoms with Crippen molar-refractivity contribution in [3.05, 3.63) is 59.1 Å². The molecule has 0 aliphatic carbocycles. The van der Waals surface area contributed by atoms with Crippen molar-refractivity contribution in [2.24, 2.45) is 10.7 Å². The topological polar surface area (TPSA) is 61.9 Å². The lowest BCUT2D eigenvalue weighted by molar-refractivity contribution is 0.468. The molecule has 21 heavy (non-hydrogen) atoms. The number of phenolic OH excluding ortho intramolecular Hbond substituents is 1. The van der Waals surface area contributed by atoms with E-state index in [0.29, 0.717) is 17.5 Å². The molecule has 1 heterocycles. The molecule has 3 N–H and O–H groups in total. The largest absolute Gasteiger partial charge is 0.508 e. The van der Waals surface area contributed by atoms with Gasteiger partial charge in [0.1, 0.15) is 5.75 Å². The molecule has 0 amide bonds. The van der Waals surface area contributed by atoms with E-state index in [1.807, 2.05) is 48.2 Å². The van der Waals surface area contributed by atoms with E-state index in [4.69, 9.17) is 17.3 Å². The number of benzene rings is 2. The van der Waals surface area contributed by atoms with E-state index >= 15 is 0 Å². The molecule has 1 atom stereocenters. The molecule has 5 heteroatoms. The van der Waals surface area contributed by atoms with E-state index in [-0.39, 0.29) is 5.75 Å². The Morgan fingerprint density at radius 2 is 2.00 bits per heavy atom. The summed E-state index contributed by atoms with van der Waals surface area (Å²) < 4.78 is 0. The normalized spacial score (nSPS) is 21.4. The summed E-state index contributed by atoms with van der Waals surface area (Å²) in [5.74, 6) is 0.674. The van der Waals surface area contributed by atoms with E-state index in [1.165, 1.54) is 0 Å². The Kier molecular flexibility index (Phi) is 3.26. The van der Waals surface area contributed by atoms with Crippen molar-refractivity contribution in [3.63, 3.8) is 0 Å². The average Bonchev–Trinajstić information content (AvgIpc) is 2.76. The van der Waals surface area contributed by atoms with Crippen LogP contribution in [0.4, 0.5) is 5.69 Å². The standard InChI is InChI=1S/C16H16ClN3O/c1-16(11-4-2-7-14(21)8-11)10-19-15(18)20(16)13-6-3-5-12(17)9-13/h2-9,21H,10H2,1H3,(H2,18,19). The van der Waals surface area contributed by atoms with Gasteiger partial charge in [-0.2, -0.15) is 0 Å². The van der Waals surface area contributed by atoms with Crippen LogP contribution in [-0.2, 0) is 5.54 Å². The van der Waals surface area contributed by atoms with Gasteiger partial charge in [-0.25, -0.2) is 0 Å². The lowest BCUT2D eigenvalue weighted by Gasteiger charge is -2.36. The Labute approximate surface area is 128 Å². The maximum atomic E-state index is 9.75. The second-order valence-corrected chi connectivity index (χ2v) is 5.75. The summed E-state index contributed by atoms with van der Waals surface area (Å²) in [6.45, 7) is 2.57. The fraction of sp³-hybridized carbons (Fsp3) is 0.188. The maximum Gasteiger partial charge on any atom is 0.196 e. The van der Waals surface area contributed by atoms with E-state index in [9.17, 15) is 5.11 Å². The number of rotatable bonds is 2. The highest BCUT2D eigenvalue weighted by Crippen LogP contribution is 2.38. The minimum atomic E-state index is -0.451. The molecule has 0 fully saturated rings. The van der Waals surface area contributed by atoms with Crippen LogP contribution in [0.5, 0.6) is 5.75 Å². The number of guanidine groups is 1. The number of aliphatic imine (C=N–C) groups is 1. The number of anilines is 1. The molecule has 0 bridgehead atoms. The van der Waals surface area contributed by atoms with Crippen LogP contribution in [0.1, 0.15) is 12.5 Å². The smallest absolute Gasteiger partial charge is 0.196 e. The summed E-state index contributed by atoms with van der Waals surface area (Å²) in [5.41, 5.74) is 7.46. The molecule has 1 unspecified atom stereocenters. The Morgan fingerprint density at radius 3 is 2.71 bits per heavy atom. The highest BCUT2D eigenvalue weighted by Gasteiger charge is 2.40. The predicted octanol–water partition coefficient (Wildman–Crippen LogP) is 3.10. The summed E-state index contributed by atoms with van der Waals surface area (Å²) in [6.07, 6.45) is 0. The number of aromatic hydroxyl groups is 1. The molecule has 0 saturated carbocycles. The van der Waals surface area contributed by atoms with Crippen molar-refractivity contribution >= 4 is 23.2 Å². The molecule has 0 saturated heterocycles. The number of nitrogens with two attached hydrogens (primary N) is 1. The molecule has 1 aliphatic heterocycles. The summed E-state index contributed by atoms with van der Waals surface area (Å²) in [6, 6.07) is 14.7. The Hall–Kier alpha value is -2.20. The third-order valence-electron chi connectivity index (χ3n) is 3.81. The summed E-state index contributed by atoms with van der Waals surface area (Å²) in [4.78, 5) is 6.33. The fourth-order valence-corrected chi connectivity index (χ4v) is 2.91. The highest BCUT2D eigenvalue weighted by molar-refractivity contribution is 6.31. The molecule has 1 aliphatic rings. The molecule has 3 rings (SSSR count). The first-order valence-corrected chi connectivity index (χ1v) is 7.04. The van der Waals surface area contributed by atoms with E-state index in [2.05, 4.69) is 4.99 Å². The Morgan fingerprint density at radius 1 is 1.24 bits per heavy atom. The Balaban J connectivity index is 2.10. The number of nitrogens with zero attached hydrogens (tertiary/aromatic N) is 2. The van der Waals surface area contributed by atoms with Crippen molar-refractivity contribution in [2.45, 2.75) is 12.5 Å². The van der Waals surface area contributed by atoms with Gasteiger partial charge in [0.25, 0.3) is 0 Å². The first-order valence-electron chi connectivity index (χ1n) is 6.66. The Bertz CT molecular complexity index is 716. The zero-order chi connectivity index (χ0) is 15.0. The molecule has 2 aromatic carbocycles. The predicted molar refractivity (Wildman–Crippen MR) is 85.9 cm³/mol. The van der Waals surface area contributed by atoms with Crippen molar-refractivity contribution in [1.29, 1.82) is 0 Å². The first kappa shape index (κ1) is 13.8. The third-order valence-corrected chi connectivity index (χ3v) is 4.04. The lowest BCUT2D eigenvalue weighted by atomic mass is 9.90. The molecule has 0 radical (unpaired) electrons. The van der Waals surface area contributed by atoms with Gasteiger partial charge in [-0.05, 0) is 42.8 Å². The second-order valence-electron chi connectivity index (χ2n) is 5.31. The second kappa shape index (κ2) is 4.97. The van der Waals surface area contributed by atoms with Gasteiger partial charge in [0.2, 0.25) is 0 Å². The van der Waals surface area contributed by atoms with Crippen molar-refractivity contribution < 1.29 is 5.11 Å². The third kappa shape index (κ3) is 2.32. The van der Waals surface area contributed by atoms with Gasteiger partial charge >= 0.3 is 0 Å². The zero-order valence-corrected chi connectivity index (χ0v) is 12.4. The lowest BCUT2D eigenvalue weighted by Crippen LogP contribution is -2.47. The van der Waals surface area contributed by atoms with Crippen LogP contribution in [0.15, 0.2) is 53.5 Å². The van der Waals surface area contributed by atoms with Gasteiger partial charge < -0.3 is 15.7 Å². The molecule has 4 nitrogen and oxygen atoms in total. The summed E-state index contributed by atoms with van der Waals surface area (Å²) in [7, 11) is 0. The van der Waals surface area contributed by atoms with Crippen LogP contribution in [0.3, 0.4) is 0 Å². The van der Waals surface area contributed by atoms with E-state index < -0.39 is 5.54 Å². The minimum absolute atomic E-state index is 0.227. The van der Waals surface area contributed by atoms with Crippen molar-refractivity contribution in [2.75, 3.05) is 11.4 Å². The van der Waals surface area contributed by atoms with Crippen LogP contribution in [0.25, 0.3) is 0 Å². The summed E-state index contributed by atoms with van der Waals surface area (Å²) >= 11 is 6.09. The monoisotopic (exact) mass is 301 g/mol. The number of halogens is 1. The molecular weight excluding hydrogens is 286 g/mol. The number of phenols is 1. The maximum absolute atomic E-state index is 9.75. The van der Waals surface area contributed by atoms with Crippen LogP contribution >= 0.6 is 11.6 Å². The zero-order valence-electron chi connectivity index (χ0n) is 11.6. The van der Waals surface area contributed by atoms with Gasteiger partial charge in [-0.3, -0.25) is 4.99 Å². The molecular formula is C16H16ClN3O. The quantitative estimate of drug-likeness (QED) is 0.896. The highest BCUT2D eigenvalue weighted by atomic mass is 35.5. The minimum Gasteiger partial charge on any atom is -0.508 e. The van der Waals surface area contributed by atoms with E-state index in [0.717, 1.165) is 11.3 Å². The van der Waals surface area contributed by atoms with Crippen molar-refractivity contribution in [3.8, 4) is 5.75 Å². The first-order chi connectivity index (χ1) is 10.0. The van der Waals surface area contributed by atoms with E-state index in [1.54, 1.807) is 12.1 Å².